The third kappa shape index (κ3) is 1.93. The minimum Gasteiger partial charge on any atom is -0.398 e. The Balaban J connectivity index is 2.09. The van der Waals surface area contributed by atoms with Crippen molar-refractivity contribution in [3.8, 4) is 0 Å². The summed E-state index contributed by atoms with van der Waals surface area (Å²) in [5, 5.41) is 0.515. The largest absolute Gasteiger partial charge is 0.398 e. The molecule has 0 saturated heterocycles. The van der Waals surface area contributed by atoms with E-state index in [1.54, 1.807) is 0 Å². The van der Waals surface area contributed by atoms with Crippen molar-refractivity contribution in [2.45, 2.75) is 6.42 Å². The monoisotopic (exact) mass is 257 g/mol. The summed E-state index contributed by atoms with van der Waals surface area (Å²) in [6.07, 6.45) is 2.59. The summed E-state index contributed by atoms with van der Waals surface area (Å²) in [6, 6.07) is 13.9. The molecule has 3 aromatic rings. The van der Waals surface area contributed by atoms with E-state index in [-0.39, 0.29) is 0 Å². The van der Waals surface area contributed by atoms with E-state index in [4.69, 9.17) is 17.3 Å². The van der Waals surface area contributed by atoms with E-state index in [1.165, 1.54) is 5.56 Å². The lowest BCUT2D eigenvalue weighted by atomic mass is 10.1. The molecule has 0 fully saturated rings. The number of imidazole rings is 1. The van der Waals surface area contributed by atoms with Crippen LogP contribution in [0.25, 0.3) is 5.52 Å². The van der Waals surface area contributed by atoms with Gasteiger partial charge in [0.05, 0.1) is 5.52 Å². The first-order valence-electron chi connectivity index (χ1n) is 5.70. The van der Waals surface area contributed by atoms with E-state index >= 15 is 0 Å². The predicted octanol–water partition coefficient (Wildman–Crippen LogP) is 3.16. The minimum absolute atomic E-state index is 0.515. The number of hydrogen-bond acceptors (Lipinski definition) is 2. The molecule has 0 aliphatic carbocycles. The minimum atomic E-state index is 0.515. The highest BCUT2D eigenvalue weighted by Gasteiger charge is 2.09. The van der Waals surface area contributed by atoms with E-state index in [0.29, 0.717) is 10.8 Å². The Labute approximate surface area is 110 Å². The molecule has 0 bridgehead atoms. The Kier molecular flexibility index (Phi) is 2.68. The van der Waals surface area contributed by atoms with Gasteiger partial charge in [-0.15, -0.1) is 0 Å². The summed E-state index contributed by atoms with van der Waals surface area (Å²) < 4.78 is 1.95. The number of aromatic nitrogens is 2. The second-order valence-corrected chi connectivity index (χ2v) is 4.56. The van der Waals surface area contributed by atoms with Crippen LogP contribution in [0.5, 0.6) is 0 Å². The fourth-order valence-corrected chi connectivity index (χ4v) is 2.28. The number of hydrogen-bond donors (Lipinski definition) is 1. The van der Waals surface area contributed by atoms with E-state index in [2.05, 4.69) is 17.1 Å². The number of fused-ring (bicyclic) bond motifs is 1. The molecule has 90 valence electrons. The highest BCUT2D eigenvalue weighted by Crippen LogP contribution is 2.21. The fourth-order valence-electron chi connectivity index (χ4n) is 2.03. The average molecular weight is 258 g/mol. The lowest BCUT2D eigenvalue weighted by Gasteiger charge is -2.02. The van der Waals surface area contributed by atoms with Crippen molar-refractivity contribution in [1.82, 2.24) is 9.38 Å². The zero-order valence-corrected chi connectivity index (χ0v) is 10.4. The lowest BCUT2D eigenvalue weighted by molar-refractivity contribution is 0.963. The SMILES string of the molecule is Nc1ccc2c(Cl)nc(Cc3ccccc3)n2c1. The van der Waals surface area contributed by atoms with E-state index in [9.17, 15) is 0 Å². The third-order valence-corrected chi connectivity index (χ3v) is 3.17. The number of rotatable bonds is 2. The normalized spacial score (nSPS) is 10.9. The first-order chi connectivity index (χ1) is 8.74. The van der Waals surface area contributed by atoms with Crippen molar-refractivity contribution in [2.75, 3.05) is 5.73 Å². The Bertz CT molecular complexity index is 689. The van der Waals surface area contributed by atoms with Gasteiger partial charge in [0.15, 0.2) is 5.15 Å². The van der Waals surface area contributed by atoms with Crippen molar-refractivity contribution < 1.29 is 0 Å². The van der Waals surface area contributed by atoms with Gasteiger partial charge in [-0.25, -0.2) is 4.98 Å². The molecule has 0 unspecified atom stereocenters. The Morgan fingerprint density at radius 1 is 1.11 bits per heavy atom. The van der Waals surface area contributed by atoms with Crippen molar-refractivity contribution in [3.05, 3.63) is 65.2 Å². The summed E-state index contributed by atoms with van der Waals surface area (Å²) in [4.78, 5) is 4.40. The molecule has 0 amide bonds. The van der Waals surface area contributed by atoms with Gasteiger partial charge in [0.1, 0.15) is 5.82 Å². The van der Waals surface area contributed by atoms with Crippen LogP contribution in [0.15, 0.2) is 48.7 Å². The highest BCUT2D eigenvalue weighted by atomic mass is 35.5. The van der Waals surface area contributed by atoms with Gasteiger partial charge >= 0.3 is 0 Å². The van der Waals surface area contributed by atoms with Crippen LogP contribution in [-0.2, 0) is 6.42 Å². The molecular weight excluding hydrogens is 246 g/mol. The number of benzene rings is 1. The molecule has 3 rings (SSSR count). The molecule has 18 heavy (non-hydrogen) atoms. The quantitative estimate of drug-likeness (QED) is 0.766. The molecule has 0 spiro atoms. The van der Waals surface area contributed by atoms with Crippen LogP contribution in [0.1, 0.15) is 11.4 Å². The van der Waals surface area contributed by atoms with Crippen LogP contribution in [0.4, 0.5) is 5.69 Å². The molecule has 2 heterocycles. The van der Waals surface area contributed by atoms with Crippen LogP contribution in [0, 0.1) is 0 Å². The molecule has 2 aromatic heterocycles. The van der Waals surface area contributed by atoms with Gasteiger partial charge in [-0.05, 0) is 17.7 Å². The van der Waals surface area contributed by atoms with Crippen molar-refractivity contribution in [3.63, 3.8) is 0 Å². The lowest BCUT2D eigenvalue weighted by Crippen LogP contribution is -1.97. The van der Waals surface area contributed by atoms with Gasteiger partial charge in [0.25, 0.3) is 0 Å². The Morgan fingerprint density at radius 3 is 2.67 bits per heavy atom. The third-order valence-electron chi connectivity index (χ3n) is 2.89. The van der Waals surface area contributed by atoms with Crippen LogP contribution >= 0.6 is 11.6 Å². The van der Waals surface area contributed by atoms with Crippen LogP contribution in [0.3, 0.4) is 0 Å². The van der Waals surface area contributed by atoms with Gasteiger partial charge in [0, 0.05) is 18.3 Å². The second-order valence-electron chi connectivity index (χ2n) is 4.20. The maximum Gasteiger partial charge on any atom is 0.155 e. The molecule has 3 nitrogen and oxygen atoms in total. The number of nitrogen functional groups attached to an aromatic ring is 1. The first kappa shape index (κ1) is 11.1. The standard InChI is InChI=1S/C14H12ClN3/c15-14-12-7-6-11(16)9-18(12)13(17-14)8-10-4-2-1-3-5-10/h1-7,9H,8,16H2. The van der Waals surface area contributed by atoms with Gasteiger partial charge in [-0.3, -0.25) is 4.40 Å². The number of nitrogens with zero attached hydrogens (tertiary/aromatic N) is 2. The van der Waals surface area contributed by atoms with E-state index in [1.807, 2.05) is 40.9 Å². The molecular formula is C14H12ClN3. The van der Waals surface area contributed by atoms with Crippen molar-refractivity contribution in [1.29, 1.82) is 0 Å². The van der Waals surface area contributed by atoms with Crippen LogP contribution in [-0.4, -0.2) is 9.38 Å². The summed E-state index contributed by atoms with van der Waals surface area (Å²) in [6.45, 7) is 0. The van der Waals surface area contributed by atoms with Gasteiger partial charge in [-0.1, -0.05) is 41.9 Å². The summed E-state index contributed by atoms with van der Waals surface area (Å²) >= 11 is 6.12. The Hall–Kier alpha value is -2.00. The van der Waals surface area contributed by atoms with Crippen molar-refractivity contribution >= 4 is 22.8 Å². The summed E-state index contributed by atoms with van der Waals surface area (Å²) in [5.41, 5.74) is 8.59. The maximum atomic E-state index is 6.12. The number of anilines is 1. The molecule has 4 heteroatoms. The highest BCUT2D eigenvalue weighted by molar-refractivity contribution is 6.32. The maximum absolute atomic E-state index is 6.12. The molecule has 0 saturated carbocycles. The van der Waals surface area contributed by atoms with E-state index in [0.717, 1.165) is 17.8 Å². The van der Waals surface area contributed by atoms with Crippen LogP contribution in [0.2, 0.25) is 5.15 Å². The molecule has 0 aliphatic rings. The molecule has 0 aliphatic heterocycles. The van der Waals surface area contributed by atoms with Crippen molar-refractivity contribution in [2.24, 2.45) is 0 Å². The fraction of sp³-hybridized carbons (Fsp3) is 0.0714. The predicted molar refractivity (Wildman–Crippen MR) is 73.9 cm³/mol. The summed E-state index contributed by atoms with van der Waals surface area (Å²) in [7, 11) is 0. The number of pyridine rings is 1. The molecule has 0 radical (unpaired) electrons. The average Bonchev–Trinajstić information content (AvgIpc) is 2.67. The van der Waals surface area contributed by atoms with Gasteiger partial charge < -0.3 is 5.73 Å². The first-order valence-corrected chi connectivity index (χ1v) is 6.08. The Morgan fingerprint density at radius 2 is 1.89 bits per heavy atom. The number of nitrogens with two attached hydrogens (primary N) is 1. The smallest absolute Gasteiger partial charge is 0.155 e. The molecule has 0 atom stereocenters. The van der Waals surface area contributed by atoms with Gasteiger partial charge in [0.2, 0.25) is 0 Å². The van der Waals surface area contributed by atoms with Crippen LogP contribution < -0.4 is 5.73 Å². The number of halogens is 1. The van der Waals surface area contributed by atoms with E-state index < -0.39 is 0 Å². The zero-order valence-electron chi connectivity index (χ0n) is 9.68. The summed E-state index contributed by atoms with van der Waals surface area (Å²) in [5.74, 6) is 0.897. The molecule has 1 aromatic carbocycles. The second kappa shape index (κ2) is 4.35. The van der Waals surface area contributed by atoms with Gasteiger partial charge in [-0.2, -0.15) is 0 Å². The topological polar surface area (TPSA) is 43.3 Å². The zero-order chi connectivity index (χ0) is 12.5. The molecule has 2 N–H and O–H groups in total.